The minimum Gasteiger partial charge on any atom is -1.00 e. The van der Waals surface area contributed by atoms with Crippen LogP contribution in [0.15, 0.2) is 119 Å². The SMILES string of the molecule is CCOC(=O)C(Cl)C(C)=O.CCOC(=O)c1oc([C@@H]2CC[C@@H](C)N(C(=O)c3ccccc3-n3nccn3)C2)nc1C.C[C@@H]1CC[C@@H](C(N)=O)CN1C(=O)c1ccccc1-n1nccn1.Cc1nc([C@@H]2CC[C@@H](C)N(C(=O)c3ccccc3-n3nccn3)C2)oc1C(C)(C)O.[Br-].[CH3-].[Mg+2]. The van der Waals surface area contributed by atoms with Gasteiger partial charge in [0.05, 0.1) is 113 Å². The first kappa shape index (κ1) is 79.2. The van der Waals surface area contributed by atoms with E-state index < -0.39 is 22.9 Å². The van der Waals surface area contributed by atoms with Crippen molar-refractivity contribution in [2.24, 2.45) is 11.7 Å². The Balaban J connectivity index is 0.000000244. The fraction of sp³-hybridized carbons (Fsp3) is 0.433. The predicted molar refractivity (Wildman–Crippen MR) is 354 cm³/mol. The standard InChI is InChI=1S/C22H25N5O4.C22H27N5O3.C16H19N5O2.C6H9ClO3.CH3.BrH.Mg/c1-4-30-22(29)19-15(3)25-20(31-19)16-10-9-14(2)26(13-16)21(28)17-7-5-6-8-18(17)27-23-11-12-24-27;1-14-9-10-16(20-25-15(2)19(30-20)22(3,4)29)13-26(14)21(28)17-7-5-6-8-18(17)27-23-11-12-24-27;1-11-6-7-12(15(17)22)10-20(11)16(23)13-4-2-3-5-14(13)21-18-8-9-19-21;1-3-10-6(9)5(7)4(2)8;;;/h5-8,11-12,14,16H,4,9-10,13H2,1-3H3;5-8,11-12,14,16,29H,9-10,13H2,1-4H3;2-5,8-9,11-12H,6-7,10H2,1H3,(H2,17,22);5H,3H2,1-2H3;1H3;1H;/q;;;;-1;;+2/p-1/t2*14-,16-;11-,12-;;;;/m111..../s1. The minimum absolute atomic E-state index is 0. The van der Waals surface area contributed by atoms with Gasteiger partial charge in [-0.3, -0.25) is 24.0 Å². The van der Waals surface area contributed by atoms with Crippen LogP contribution in [0.25, 0.3) is 17.1 Å². The number of aryl methyl sites for hydroxylation is 2. The van der Waals surface area contributed by atoms with Crippen LogP contribution < -0.4 is 22.7 Å². The van der Waals surface area contributed by atoms with Crippen molar-refractivity contribution in [2.75, 3.05) is 32.8 Å². The summed E-state index contributed by atoms with van der Waals surface area (Å²) in [4.78, 5) is 103. The van der Waals surface area contributed by atoms with Crippen LogP contribution in [0.2, 0.25) is 0 Å². The molecule has 514 valence electrons. The van der Waals surface area contributed by atoms with Gasteiger partial charge in [-0.25, -0.2) is 19.6 Å². The number of ketones is 1. The minimum atomic E-state index is -1.14. The van der Waals surface area contributed by atoms with Crippen molar-refractivity contribution in [3.05, 3.63) is 169 Å². The molecule has 0 saturated carbocycles. The van der Waals surface area contributed by atoms with Gasteiger partial charge in [0, 0.05) is 37.8 Å². The number of carbonyl (C=O) groups is 7. The number of para-hydroxylation sites is 3. The monoisotopic (exact) mass is 1430 g/mol. The number of hydrogen-bond acceptors (Lipinski definition) is 20. The maximum Gasteiger partial charge on any atom is 2.00 e. The maximum absolute atomic E-state index is 13.5. The summed E-state index contributed by atoms with van der Waals surface area (Å²) in [5, 5.41) is 34.1. The summed E-state index contributed by atoms with van der Waals surface area (Å²) in [6.45, 7) is 19.5. The van der Waals surface area contributed by atoms with Crippen molar-refractivity contribution in [3.8, 4) is 17.1 Å². The molecule has 3 aliphatic rings. The zero-order chi connectivity index (χ0) is 68.0. The molecule has 7 atom stereocenters. The molecular formula is C67H83BrClMgN15O12. The summed E-state index contributed by atoms with van der Waals surface area (Å²) >= 11 is 5.32. The largest absolute Gasteiger partial charge is 2.00 e. The molecule has 97 heavy (non-hydrogen) atoms. The quantitative estimate of drug-likeness (QED) is 0.0440. The van der Waals surface area contributed by atoms with E-state index in [1.807, 2.05) is 73.0 Å². The number of piperidine rings is 3. The molecule has 30 heteroatoms. The van der Waals surface area contributed by atoms with Crippen LogP contribution in [0.5, 0.6) is 0 Å². The number of hydrogen-bond donors (Lipinski definition) is 2. The van der Waals surface area contributed by atoms with Crippen LogP contribution in [-0.2, 0) is 29.5 Å². The molecule has 8 heterocycles. The molecule has 0 aliphatic carbocycles. The maximum atomic E-state index is 13.5. The molecule has 3 fully saturated rings. The fourth-order valence-electron chi connectivity index (χ4n) is 11.3. The van der Waals surface area contributed by atoms with Gasteiger partial charge in [0.2, 0.25) is 11.7 Å². The van der Waals surface area contributed by atoms with Gasteiger partial charge in [0.15, 0.2) is 28.7 Å². The number of alkyl halides is 1. The average Bonchev–Trinajstić information content (AvgIpc) is 1.79. The van der Waals surface area contributed by atoms with Gasteiger partial charge in [-0.1, -0.05) is 36.4 Å². The van der Waals surface area contributed by atoms with Gasteiger partial charge in [0.1, 0.15) is 5.60 Å². The summed E-state index contributed by atoms with van der Waals surface area (Å²) in [5.41, 5.74) is 9.01. The number of likely N-dealkylation sites (tertiary alicyclic amines) is 3. The Kier molecular flexibility index (Phi) is 29.5. The fourth-order valence-corrected chi connectivity index (χ4v) is 11.4. The van der Waals surface area contributed by atoms with Gasteiger partial charge >= 0.3 is 35.0 Å². The summed E-state index contributed by atoms with van der Waals surface area (Å²) in [5.74, 6) is -0.972. The second-order valence-electron chi connectivity index (χ2n) is 23.6. The van der Waals surface area contributed by atoms with Crippen LogP contribution in [0, 0.1) is 27.2 Å². The van der Waals surface area contributed by atoms with E-state index in [0.29, 0.717) is 82.3 Å². The zero-order valence-electron chi connectivity index (χ0n) is 56.5. The van der Waals surface area contributed by atoms with Crippen molar-refractivity contribution in [1.82, 2.24) is 69.6 Å². The van der Waals surface area contributed by atoms with Crippen LogP contribution in [0.1, 0.15) is 176 Å². The number of nitrogens with two attached hydrogens (primary N) is 1. The molecule has 0 bridgehead atoms. The van der Waals surface area contributed by atoms with Crippen molar-refractivity contribution >= 4 is 76.0 Å². The average molecular weight is 1430 g/mol. The molecule has 11 rings (SSSR count). The number of esters is 2. The normalized spacial score (nSPS) is 18.4. The first-order valence-electron chi connectivity index (χ1n) is 31.2. The molecule has 27 nitrogen and oxygen atoms in total. The molecule has 3 saturated heterocycles. The van der Waals surface area contributed by atoms with Gasteiger partial charge in [-0.05, 0) is 144 Å². The molecule has 3 aliphatic heterocycles. The Morgan fingerprint density at radius 1 is 0.588 bits per heavy atom. The third-order valence-corrected chi connectivity index (χ3v) is 16.8. The number of primary amides is 1. The van der Waals surface area contributed by atoms with E-state index in [1.165, 1.54) is 21.3 Å². The van der Waals surface area contributed by atoms with E-state index in [4.69, 9.17) is 30.9 Å². The number of Topliss-reactive ketones (excluding diaryl/α,β-unsaturated/α-hetero) is 1. The molecular weight excluding hydrogens is 1350 g/mol. The Bertz CT molecular complexity index is 3900. The van der Waals surface area contributed by atoms with Crippen LogP contribution in [0.4, 0.5) is 0 Å². The van der Waals surface area contributed by atoms with Crippen molar-refractivity contribution in [1.29, 1.82) is 0 Å². The van der Waals surface area contributed by atoms with E-state index in [9.17, 15) is 38.7 Å². The number of amides is 4. The van der Waals surface area contributed by atoms with E-state index in [2.05, 4.69) is 52.2 Å². The number of nitrogens with zero attached hydrogens (tertiary/aromatic N) is 14. The van der Waals surface area contributed by atoms with Gasteiger partial charge in [0.25, 0.3) is 17.7 Å². The number of benzene rings is 3. The molecule has 5 aromatic heterocycles. The molecule has 3 N–H and O–H groups in total. The predicted octanol–water partition coefficient (Wildman–Crippen LogP) is 5.16. The second kappa shape index (κ2) is 36.2. The van der Waals surface area contributed by atoms with Crippen LogP contribution in [-0.4, -0.2) is 196 Å². The van der Waals surface area contributed by atoms with Gasteiger partial charge < -0.3 is 68.3 Å². The number of aromatic nitrogens is 11. The Hall–Kier alpha value is -8.51. The van der Waals surface area contributed by atoms with Gasteiger partial charge in [-0.2, -0.15) is 45.0 Å². The van der Waals surface area contributed by atoms with E-state index in [-0.39, 0.29) is 132 Å². The number of aliphatic hydroxyl groups is 1. The first-order chi connectivity index (χ1) is 44.9. The van der Waals surface area contributed by atoms with E-state index in [0.717, 1.165) is 38.5 Å². The summed E-state index contributed by atoms with van der Waals surface area (Å²) < 4.78 is 21.2. The van der Waals surface area contributed by atoms with Crippen molar-refractivity contribution in [2.45, 2.75) is 149 Å². The molecule has 3 aromatic carbocycles. The van der Waals surface area contributed by atoms with E-state index in [1.54, 1.807) is 107 Å². The Morgan fingerprint density at radius 2 is 0.948 bits per heavy atom. The Morgan fingerprint density at radius 3 is 1.31 bits per heavy atom. The van der Waals surface area contributed by atoms with E-state index >= 15 is 0 Å². The second-order valence-corrected chi connectivity index (χ2v) is 24.0. The van der Waals surface area contributed by atoms with Crippen molar-refractivity contribution < 1.29 is 74.0 Å². The third kappa shape index (κ3) is 19.6. The smallest absolute Gasteiger partial charge is 1.00 e. The topological polar surface area (TPSA) is 338 Å². The number of ether oxygens (including phenoxy) is 2. The number of rotatable bonds is 15. The molecule has 0 spiro atoms. The third-order valence-electron chi connectivity index (χ3n) is 16.3. The summed E-state index contributed by atoms with van der Waals surface area (Å²) in [7, 11) is 0. The van der Waals surface area contributed by atoms with Crippen LogP contribution >= 0.6 is 11.6 Å². The number of oxazole rings is 2. The van der Waals surface area contributed by atoms with Gasteiger partial charge in [-0.15, -0.1) is 11.6 Å². The summed E-state index contributed by atoms with van der Waals surface area (Å²) in [6.07, 6.45) is 14.3. The number of carbonyl (C=O) groups excluding carboxylic acids is 7. The first-order valence-corrected chi connectivity index (χ1v) is 31.6. The Labute approximate surface area is 595 Å². The summed E-state index contributed by atoms with van der Waals surface area (Å²) in [6, 6.07) is 22.1. The molecule has 8 aromatic rings. The molecule has 4 amide bonds. The van der Waals surface area contributed by atoms with Crippen LogP contribution in [0.3, 0.4) is 0 Å². The van der Waals surface area contributed by atoms with Crippen molar-refractivity contribution in [3.63, 3.8) is 0 Å². The molecule has 1 unspecified atom stereocenters. The number of halogens is 2. The zero-order valence-corrected chi connectivity index (χ0v) is 60.2. The molecule has 0 radical (unpaired) electrons.